The summed E-state index contributed by atoms with van der Waals surface area (Å²) < 4.78 is 0. The second-order valence-electron chi connectivity index (χ2n) is 11.3. The summed E-state index contributed by atoms with van der Waals surface area (Å²) in [6, 6.07) is 13.2. The zero-order valence-electron chi connectivity index (χ0n) is 21.3. The molecule has 0 aromatic heterocycles. The Morgan fingerprint density at radius 3 is 2.31 bits per heavy atom. The van der Waals surface area contributed by atoms with E-state index >= 15 is 0 Å². The molecular weight excluding hydrogens is 476 g/mol. The summed E-state index contributed by atoms with van der Waals surface area (Å²) in [4.78, 5) is 28.6. The van der Waals surface area contributed by atoms with Gasteiger partial charge in [-0.15, -0.1) is 0 Å². The van der Waals surface area contributed by atoms with Crippen molar-refractivity contribution in [2.75, 3.05) is 0 Å². The number of rotatable bonds is 6. The molecule has 194 valence electrons. The summed E-state index contributed by atoms with van der Waals surface area (Å²) >= 11 is 6.14. The van der Waals surface area contributed by atoms with E-state index in [1.54, 1.807) is 23.1 Å². The maximum Gasteiger partial charge on any atom is 0.326 e. The van der Waals surface area contributed by atoms with Crippen LogP contribution in [-0.4, -0.2) is 39.1 Å². The Morgan fingerprint density at radius 2 is 1.69 bits per heavy atom. The molecule has 2 aliphatic rings. The predicted octanol–water partition coefficient (Wildman–Crippen LogP) is 5.78. The van der Waals surface area contributed by atoms with Gasteiger partial charge >= 0.3 is 5.97 Å². The Morgan fingerprint density at radius 1 is 1.03 bits per heavy atom. The lowest BCUT2D eigenvalue weighted by molar-refractivity contribution is -0.154. The quantitative estimate of drug-likeness (QED) is 0.456. The van der Waals surface area contributed by atoms with Gasteiger partial charge in [-0.1, -0.05) is 94.1 Å². The average Bonchev–Trinajstić information content (AvgIpc) is 3.21. The number of carbonyl (C=O) groups excluding carboxylic acids is 1. The van der Waals surface area contributed by atoms with Gasteiger partial charge in [-0.3, -0.25) is 4.79 Å². The molecule has 0 spiro atoms. The Bertz CT molecular complexity index is 1080. The molecule has 2 fully saturated rings. The predicted molar refractivity (Wildman–Crippen MR) is 141 cm³/mol. The van der Waals surface area contributed by atoms with Crippen molar-refractivity contribution in [3.05, 3.63) is 64.7 Å². The van der Waals surface area contributed by atoms with E-state index in [0.29, 0.717) is 12.1 Å². The zero-order valence-corrected chi connectivity index (χ0v) is 22.0. The summed E-state index contributed by atoms with van der Waals surface area (Å²) in [6.45, 7) is 6.41. The first-order chi connectivity index (χ1) is 17.1. The molecule has 0 radical (unpaired) electrons. The lowest BCUT2D eigenvalue weighted by Gasteiger charge is -2.36. The average molecular weight is 513 g/mol. The van der Waals surface area contributed by atoms with Crippen molar-refractivity contribution in [2.45, 2.75) is 77.5 Å². The molecule has 2 aromatic rings. The second-order valence-corrected chi connectivity index (χ2v) is 11.7. The molecule has 6 nitrogen and oxygen atoms in total. The highest BCUT2D eigenvalue weighted by atomic mass is 35.5. The number of nitrogens with one attached hydrogen (secondary N) is 1. The number of carboxylic acid groups (broad SMARTS) is 1. The molecule has 4 rings (SSSR count). The van der Waals surface area contributed by atoms with Gasteiger partial charge in [0.2, 0.25) is 5.91 Å². The molecule has 1 heterocycles. The first-order valence-electron chi connectivity index (χ1n) is 12.9. The topological polar surface area (TPSA) is 89.9 Å². The highest BCUT2D eigenvalue weighted by Crippen LogP contribution is 2.49. The van der Waals surface area contributed by atoms with E-state index in [-0.39, 0.29) is 34.6 Å². The third-order valence-electron chi connectivity index (χ3n) is 7.87. The lowest BCUT2D eigenvalue weighted by Crippen LogP contribution is -2.49. The molecular formula is C29H37ClN2O4. The number of nitrogens with zero attached hydrogens (tertiary/aromatic N) is 1. The third-order valence-corrected chi connectivity index (χ3v) is 8.17. The van der Waals surface area contributed by atoms with Gasteiger partial charge in [-0.05, 0) is 29.9 Å². The largest absolute Gasteiger partial charge is 0.506 e. The van der Waals surface area contributed by atoms with Crippen LogP contribution in [0, 0.1) is 17.3 Å². The van der Waals surface area contributed by atoms with Crippen LogP contribution in [-0.2, 0) is 16.1 Å². The number of likely N-dealkylation sites (tertiary alicyclic amines) is 1. The highest BCUT2D eigenvalue weighted by molar-refractivity contribution is 6.32. The molecule has 2 aromatic carbocycles. The van der Waals surface area contributed by atoms with E-state index in [2.05, 4.69) is 5.32 Å². The molecule has 0 bridgehead atoms. The summed E-state index contributed by atoms with van der Waals surface area (Å²) in [6.07, 6.45) is 4.72. The maximum absolute atomic E-state index is 14.1. The van der Waals surface area contributed by atoms with Crippen LogP contribution in [0.15, 0.2) is 48.5 Å². The van der Waals surface area contributed by atoms with Gasteiger partial charge in [0.25, 0.3) is 0 Å². The standard InChI is InChI=1S/C29H37ClN2O4/c1-29(2,3)22-23(31-17-20-15-10-16-21(30)26(20)33)24(18-11-6-4-7-12-18)32(25(22)28(35)36)27(34)19-13-8-5-9-14-19/h4,6-7,10-12,15-16,19,22-25,31,33H,5,8-9,13-14,17H2,1-3H3,(H,35,36). The van der Waals surface area contributed by atoms with Crippen LogP contribution in [0.25, 0.3) is 0 Å². The first kappa shape index (κ1) is 26.5. The molecule has 1 amide bonds. The number of phenolic OH excluding ortho intramolecular Hbond substituents is 1. The number of phenols is 1. The second kappa shape index (κ2) is 10.8. The Hall–Kier alpha value is -2.57. The fraction of sp³-hybridized carbons (Fsp3) is 0.517. The maximum atomic E-state index is 14.1. The van der Waals surface area contributed by atoms with Gasteiger partial charge in [0.05, 0.1) is 11.1 Å². The lowest BCUT2D eigenvalue weighted by atomic mass is 9.72. The van der Waals surface area contributed by atoms with Crippen LogP contribution in [0.3, 0.4) is 0 Å². The normalized spacial score (nSPS) is 25.2. The Kier molecular flexibility index (Phi) is 7.96. The van der Waals surface area contributed by atoms with Crippen LogP contribution in [0.4, 0.5) is 0 Å². The van der Waals surface area contributed by atoms with Gasteiger partial charge in [-0.2, -0.15) is 0 Å². The van der Waals surface area contributed by atoms with Crippen LogP contribution in [0.5, 0.6) is 5.75 Å². The molecule has 1 aliphatic heterocycles. The van der Waals surface area contributed by atoms with Gasteiger partial charge in [-0.25, -0.2) is 4.79 Å². The molecule has 1 saturated heterocycles. The summed E-state index contributed by atoms with van der Waals surface area (Å²) in [5, 5.41) is 24.9. The fourth-order valence-corrected chi connectivity index (χ4v) is 6.41. The Balaban J connectivity index is 1.80. The number of carboxylic acids is 1. The van der Waals surface area contributed by atoms with Crippen molar-refractivity contribution < 1.29 is 19.8 Å². The Labute approximate surface area is 218 Å². The van der Waals surface area contributed by atoms with E-state index < -0.39 is 23.5 Å². The molecule has 36 heavy (non-hydrogen) atoms. The van der Waals surface area contributed by atoms with E-state index in [1.807, 2.05) is 51.1 Å². The smallest absolute Gasteiger partial charge is 0.326 e. The van der Waals surface area contributed by atoms with Gasteiger partial charge in [0, 0.05) is 30.0 Å². The molecule has 7 heteroatoms. The summed E-state index contributed by atoms with van der Waals surface area (Å²) in [7, 11) is 0. The van der Waals surface area contributed by atoms with E-state index in [4.69, 9.17) is 11.6 Å². The van der Waals surface area contributed by atoms with Gasteiger partial charge in [0.15, 0.2) is 0 Å². The fourth-order valence-electron chi connectivity index (χ4n) is 6.22. The SMILES string of the molecule is CC(C)(C)C1C(NCc2cccc(Cl)c2O)C(c2ccccc2)N(C(=O)C2CCCCC2)C1C(=O)O. The third kappa shape index (κ3) is 5.25. The summed E-state index contributed by atoms with van der Waals surface area (Å²) in [5.41, 5.74) is 1.13. The number of hydrogen-bond donors (Lipinski definition) is 3. The van der Waals surface area contributed by atoms with Gasteiger partial charge < -0.3 is 20.4 Å². The number of carbonyl (C=O) groups is 2. The molecule has 1 saturated carbocycles. The van der Waals surface area contributed by atoms with Gasteiger partial charge in [0.1, 0.15) is 11.8 Å². The van der Waals surface area contributed by atoms with Crippen molar-refractivity contribution in [2.24, 2.45) is 17.3 Å². The number of halogens is 1. The number of benzene rings is 2. The van der Waals surface area contributed by atoms with E-state index in [9.17, 15) is 19.8 Å². The van der Waals surface area contributed by atoms with E-state index in [0.717, 1.165) is 37.7 Å². The summed E-state index contributed by atoms with van der Waals surface area (Å²) in [5.74, 6) is -1.54. The number of amides is 1. The number of hydrogen-bond acceptors (Lipinski definition) is 4. The van der Waals surface area contributed by atoms with Crippen molar-refractivity contribution in [1.29, 1.82) is 0 Å². The minimum Gasteiger partial charge on any atom is -0.506 e. The van der Waals surface area contributed by atoms with Crippen molar-refractivity contribution in [1.82, 2.24) is 10.2 Å². The van der Waals surface area contributed by atoms with Crippen molar-refractivity contribution in [3.8, 4) is 5.75 Å². The zero-order chi connectivity index (χ0) is 26.0. The van der Waals surface area contributed by atoms with Crippen LogP contribution in [0.1, 0.15) is 70.0 Å². The minimum atomic E-state index is -0.977. The van der Waals surface area contributed by atoms with Crippen LogP contribution in [0.2, 0.25) is 5.02 Å². The molecule has 4 atom stereocenters. The number of para-hydroxylation sites is 1. The number of aromatic hydroxyl groups is 1. The van der Waals surface area contributed by atoms with E-state index in [1.165, 1.54) is 0 Å². The van der Waals surface area contributed by atoms with Crippen molar-refractivity contribution >= 4 is 23.5 Å². The van der Waals surface area contributed by atoms with Crippen molar-refractivity contribution in [3.63, 3.8) is 0 Å². The molecule has 4 unspecified atom stereocenters. The monoisotopic (exact) mass is 512 g/mol. The highest BCUT2D eigenvalue weighted by Gasteiger charge is 2.58. The van der Waals surface area contributed by atoms with Crippen LogP contribution < -0.4 is 5.32 Å². The minimum absolute atomic E-state index is 0.0122. The first-order valence-corrected chi connectivity index (χ1v) is 13.3. The molecule has 1 aliphatic carbocycles. The number of aliphatic carboxylic acids is 1. The molecule has 3 N–H and O–H groups in total. The van der Waals surface area contributed by atoms with Crippen LogP contribution >= 0.6 is 11.6 Å².